The fourth-order valence-electron chi connectivity index (χ4n) is 3.25. The summed E-state index contributed by atoms with van der Waals surface area (Å²) in [5.41, 5.74) is 1.45. The summed E-state index contributed by atoms with van der Waals surface area (Å²) in [7, 11) is 1.67. The highest BCUT2D eigenvalue weighted by Gasteiger charge is 2.39. The van der Waals surface area contributed by atoms with Gasteiger partial charge >= 0.3 is 0 Å². The molecule has 1 unspecified atom stereocenters. The van der Waals surface area contributed by atoms with Gasteiger partial charge in [-0.2, -0.15) is 0 Å². The summed E-state index contributed by atoms with van der Waals surface area (Å²) in [6.45, 7) is 3.40. The highest BCUT2D eigenvalue weighted by atomic mass is 79.9. The Morgan fingerprint density at radius 1 is 1.29 bits per heavy atom. The number of hydrogen-bond acceptors (Lipinski definition) is 2. The van der Waals surface area contributed by atoms with Crippen molar-refractivity contribution in [2.75, 3.05) is 20.3 Å². The third-order valence-electron chi connectivity index (χ3n) is 4.63. The van der Waals surface area contributed by atoms with Crippen LogP contribution < -0.4 is 4.74 Å². The van der Waals surface area contributed by atoms with Gasteiger partial charge in [0.15, 0.2) is 0 Å². The van der Waals surface area contributed by atoms with Gasteiger partial charge in [-0.25, -0.2) is 0 Å². The molecule has 0 heterocycles. The van der Waals surface area contributed by atoms with Gasteiger partial charge in [0.25, 0.3) is 0 Å². The van der Waals surface area contributed by atoms with Crippen molar-refractivity contribution in [1.82, 2.24) is 0 Å². The number of rotatable bonds is 7. The summed E-state index contributed by atoms with van der Waals surface area (Å²) in [5, 5.41) is 0.0781. The molecule has 1 aliphatic carbocycles. The van der Waals surface area contributed by atoms with Crippen molar-refractivity contribution in [2.24, 2.45) is 5.41 Å². The van der Waals surface area contributed by atoms with Crippen LogP contribution in [0.25, 0.3) is 0 Å². The topological polar surface area (TPSA) is 18.5 Å². The van der Waals surface area contributed by atoms with Crippen LogP contribution in [0.4, 0.5) is 0 Å². The quantitative estimate of drug-likeness (QED) is 0.448. The molecule has 21 heavy (non-hydrogen) atoms. The van der Waals surface area contributed by atoms with Crippen molar-refractivity contribution in [3.63, 3.8) is 0 Å². The molecule has 0 bridgehead atoms. The Morgan fingerprint density at radius 3 is 2.57 bits per heavy atom. The first-order valence-corrected chi connectivity index (χ1v) is 8.91. The Labute approximate surface area is 141 Å². The van der Waals surface area contributed by atoms with Crippen molar-refractivity contribution in [1.29, 1.82) is 0 Å². The Morgan fingerprint density at radius 2 is 2.00 bits per heavy atom. The van der Waals surface area contributed by atoms with E-state index in [1.807, 2.05) is 6.07 Å². The fraction of sp³-hybridized carbons (Fsp3) is 0.647. The van der Waals surface area contributed by atoms with E-state index in [1.54, 1.807) is 7.11 Å². The molecule has 0 aliphatic heterocycles. The zero-order valence-electron chi connectivity index (χ0n) is 12.8. The molecule has 4 heteroatoms. The summed E-state index contributed by atoms with van der Waals surface area (Å²) in [6.07, 6.45) is 6.22. The first-order chi connectivity index (χ1) is 10.1. The lowest BCUT2D eigenvalue weighted by Crippen LogP contribution is -2.21. The molecule has 0 saturated heterocycles. The van der Waals surface area contributed by atoms with Gasteiger partial charge in [0.2, 0.25) is 0 Å². The molecule has 1 fully saturated rings. The summed E-state index contributed by atoms with van der Waals surface area (Å²) < 4.78 is 11.6. The number of benzene rings is 1. The third-order valence-corrected chi connectivity index (χ3v) is 5.97. The lowest BCUT2D eigenvalue weighted by Gasteiger charge is -2.33. The first kappa shape index (κ1) is 17.1. The summed E-state index contributed by atoms with van der Waals surface area (Å²) in [4.78, 5) is 0. The van der Waals surface area contributed by atoms with E-state index < -0.39 is 0 Å². The lowest BCUT2D eigenvalue weighted by atomic mass is 9.77. The minimum atomic E-state index is 0.0781. The van der Waals surface area contributed by atoms with Crippen LogP contribution in [0.1, 0.15) is 50.0 Å². The largest absolute Gasteiger partial charge is 0.490 e. The van der Waals surface area contributed by atoms with E-state index >= 15 is 0 Å². The smallest absolute Gasteiger partial charge is 0.133 e. The van der Waals surface area contributed by atoms with Crippen molar-refractivity contribution >= 4 is 27.5 Å². The van der Waals surface area contributed by atoms with Gasteiger partial charge in [0, 0.05) is 7.11 Å². The van der Waals surface area contributed by atoms with Gasteiger partial charge in [-0.15, -0.1) is 11.6 Å². The summed E-state index contributed by atoms with van der Waals surface area (Å²) >= 11 is 10.4. The van der Waals surface area contributed by atoms with Gasteiger partial charge in [0.05, 0.1) is 16.5 Å². The second-order valence-corrected chi connectivity index (χ2v) is 7.11. The van der Waals surface area contributed by atoms with E-state index in [0.717, 1.165) is 16.6 Å². The molecule has 1 saturated carbocycles. The van der Waals surface area contributed by atoms with E-state index in [-0.39, 0.29) is 10.8 Å². The normalized spacial score (nSPS) is 18.7. The Hall–Kier alpha value is -0.250. The van der Waals surface area contributed by atoms with Crippen LogP contribution >= 0.6 is 27.5 Å². The predicted molar refractivity (Wildman–Crippen MR) is 91.3 cm³/mol. The van der Waals surface area contributed by atoms with Crippen molar-refractivity contribution in [2.45, 2.75) is 44.4 Å². The SMILES string of the molecule is CCC1(C(Cl)c2ccc(OCCOC)c(Br)c2)CCCC1. The average Bonchev–Trinajstić information content (AvgIpc) is 2.98. The molecule has 1 aliphatic rings. The number of hydrogen-bond donors (Lipinski definition) is 0. The lowest BCUT2D eigenvalue weighted by molar-refractivity contribution is 0.146. The van der Waals surface area contributed by atoms with Crippen LogP contribution in [0.2, 0.25) is 0 Å². The van der Waals surface area contributed by atoms with E-state index in [4.69, 9.17) is 21.1 Å². The fourth-order valence-corrected chi connectivity index (χ4v) is 4.26. The second kappa shape index (κ2) is 7.85. The maximum absolute atomic E-state index is 6.84. The molecular formula is C17H24BrClO2. The molecule has 0 spiro atoms. The minimum Gasteiger partial charge on any atom is -0.490 e. The van der Waals surface area contributed by atoms with Crippen LogP contribution in [0.5, 0.6) is 5.75 Å². The average molecular weight is 376 g/mol. The number of alkyl halides is 1. The molecule has 2 rings (SSSR count). The van der Waals surface area contributed by atoms with E-state index in [9.17, 15) is 0 Å². The predicted octanol–water partition coefficient (Wildman–Crippen LogP) is 5.72. The van der Waals surface area contributed by atoms with Gasteiger partial charge in [-0.05, 0) is 58.3 Å². The maximum Gasteiger partial charge on any atom is 0.133 e. The number of halogens is 2. The summed E-state index contributed by atoms with van der Waals surface area (Å²) in [6, 6.07) is 6.21. The Bertz CT molecular complexity index is 458. The van der Waals surface area contributed by atoms with Crippen molar-refractivity contribution in [3.05, 3.63) is 28.2 Å². The van der Waals surface area contributed by atoms with Crippen molar-refractivity contribution in [3.8, 4) is 5.75 Å². The number of methoxy groups -OCH3 is 1. The minimum absolute atomic E-state index is 0.0781. The molecule has 2 nitrogen and oxygen atoms in total. The molecule has 0 amide bonds. The molecule has 118 valence electrons. The van der Waals surface area contributed by atoms with Crippen LogP contribution in [-0.2, 0) is 4.74 Å². The highest BCUT2D eigenvalue weighted by molar-refractivity contribution is 9.10. The number of ether oxygens (including phenoxy) is 2. The van der Waals surface area contributed by atoms with Crippen LogP contribution in [0.15, 0.2) is 22.7 Å². The van der Waals surface area contributed by atoms with Gasteiger partial charge in [-0.1, -0.05) is 25.8 Å². The molecule has 1 atom stereocenters. The zero-order chi connectivity index (χ0) is 15.3. The van der Waals surface area contributed by atoms with Gasteiger partial charge < -0.3 is 9.47 Å². The third kappa shape index (κ3) is 3.94. The van der Waals surface area contributed by atoms with E-state index in [1.165, 1.54) is 31.2 Å². The standard InChI is InChI=1S/C17H24BrClO2/c1-3-17(8-4-5-9-17)16(19)13-6-7-15(14(18)12-13)21-11-10-20-2/h6-7,12,16H,3-5,8-11H2,1-2H3. The Balaban J connectivity index is 2.11. The zero-order valence-corrected chi connectivity index (χ0v) is 15.2. The van der Waals surface area contributed by atoms with E-state index in [0.29, 0.717) is 13.2 Å². The summed E-state index contributed by atoms with van der Waals surface area (Å²) in [5.74, 6) is 0.844. The molecule has 1 aromatic rings. The Kier molecular flexibility index (Phi) is 6.39. The van der Waals surface area contributed by atoms with Gasteiger partial charge in [-0.3, -0.25) is 0 Å². The monoisotopic (exact) mass is 374 g/mol. The first-order valence-electron chi connectivity index (χ1n) is 7.68. The molecule has 1 aromatic carbocycles. The van der Waals surface area contributed by atoms with Crippen LogP contribution in [0.3, 0.4) is 0 Å². The van der Waals surface area contributed by atoms with E-state index in [2.05, 4.69) is 35.0 Å². The molecule has 0 aromatic heterocycles. The molecule has 0 N–H and O–H groups in total. The van der Waals surface area contributed by atoms with Gasteiger partial charge in [0.1, 0.15) is 12.4 Å². The van der Waals surface area contributed by atoms with Crippen LogP contribution in [-0.4, -0.2) is 20.3 Å². The maximum atomic E-state index is 6.84. The molecule has 0 radical (unpaired) electrons. The highest BCUT2D eigenvalue weighted by Crippen LogP contribution is 2.53. The molecular weight excluding hydrogens is 352 g/mol. The second-order valence-electron chi connectivity index (χ2n) is 5.82. The van der Waals surface area contributed by atoms with Crippen LogP contribution in [0, 0.1) is 5.41 Å². The van der Waals surface area contributed by atoms with Crippen molar-refractivity contribution < 1.29 is 9.47 Å².